The molecule has 0 saturated carbocycles. The van der Waals surface area contributed by atoms with Crippen LogP contribution in [0, 0.1) is 0 Å². The van der Waals surface area contributed by atoms with E-state index in [2.05, 4.69) is 31.0 Å². The molecule has 2 rings (SSSR count). The van der Waals surface area contributed by atoms with E-state index in [1.807, 2.05) is 0 Å². The Hall–Kier alpha value is -0.0800. The van der Waals surface area contributed by atoms with E-state index in [0.717, 1.165) is 12.1 Å². The summed E-state index contributed by atoms with van der Waals surface area (Å²) in [7, 11) is 0. The summed E-state index contributed by atoms with van der Waals surface area (Å²) >= 11 is 0. The summed E-state index contributed by atoms with van der Waals surface area (Å²) in [4.78, 5) is 2.63. The fourth-order valence-electron chi connectivity index (χ4n) is 2.38. The maximum absolute atomic E-state index is 3.52. The standard InChI is InChI=1S/C9H18N2/c1-9(2,3)11-6-7-4-8(11)5-10-7/h7-8,10H,4-6H2,1-3H3/t7-,8-/m1/s1. The second kappa shape index (κ2) is 2.20. The van der Waals surface area contributed by atoms with Gasteiger partial charge in [0.2, 0.25) is 0 Å². The summed E-state index contributed by atoms with van der Waals surface area (Å²) in [6.45, 7) is 9.41. The van der Waals surface area contributed by atoms with Crippen molar-refractivity contribution >= 4 is 0 Å². The number of rotatable bonds is 0. The summed E-state index contributed by atoms with van der Waals surface area (Å²) in [6.07, 6.45) is 1.37. The molecule has 2 fully saturated rings. The molecule has 11 heavy (non-hydrogen) atoms. The van der Waals surface area contributed by atoms with Crippen molar-refractivity contribution in [2.45, 2.75) is 44.8 Å². The highest BCUT2D eigenvalue weighted by molar-refractivity contribution is 5.01. The van der Waals surface area contributed by atoms with E-state index in [0.29, 0.717) is 5.54 Å². The number of likely N-dealkylation sites (tertiary alicyclic amines) is 1. The molecule has 2 aliphatic rings. The molecule has 64 valence electrons. The van der Waals surface area contributed by atoms with Gasteiger partial charge in [-0.25, -0.2) is 0 Å². The third-order valence-electron chi connectivity index (χ3n) is 2.92. The smallest absolute Gasteiger partial charge is 0.0241 e. The number of fused-ring (bicyclic) bond motifs is 2. The maximum Gasteiger partial charge on any atom is 0.0241 e. The average molecular weight is 154 g/mol. The SMILES string of the molecule is CC(C)(C)N1C[C@H]2C[C@@H]1CN2. The van der Waals surface area contributed by atoms with Crippen molar-refractivity contribution < 1.29 is 0 Å². The van der Waals surface area contributed by atoms with Crippen LogP contribution in [0.3, 0.4) is 0 Å². The number of hydrogen-bond donors (Lipinski definition) is 1. The van der Waals surface area contributed by atoms with Crippen LogP contribution in [0.4, 0.5) is 0 Å². The molecule has 0 spiro atoms. The summed E-state index contributed by atoms with van der Waals surface area (Å²) in [5.41, 5.74) is 0.377. The lowest BCUT2D eigenvalue weighted by Crippen LogP contribution is -2.52. The van der Waals surface area contributed by atoms with Crippen molar-refractivity contribution in [3.8, 4) is 0 Å². The first-order valence-corrected chi connectivity index (χ1v) is 4.57. The minimum absolute atomic E-state index is 0.377. The fraction of sp³-hybridized carbons (Fsp3) is 1.00. The van der Waals surface area contributed by atoms with Crippen LogP contribution in [0.1, 0.15) is 27.2 Å². The van der Waals surface area contributed by atoms with Gasteiger partial charge in [0.25, 0.3) is 0 Å². The quantitative estimate of drug-likeness (QED) is 0.556. The Morgan fingerprint density at radius 3 is 2.36 bits per heavy atom. The van der Waals surface area contributed by atoms with Crippen molar-refractivity contribution in [1.82, 2.24) is 10.2 Å². The normalized spacial score (nSPS) is 38.5. The van der Waals surface area contributed by atoms with Crippen LogP contribution in [0.15, 0.2) is 0 Å². The molecule has 2 saturated heterocycles. The minimum Gasteiger partial charge on any atom is -0.311 e. The molecule has 0 amide bonds. The van der Waals surface area contributed by atoms with Gasteiger partial charge in [-0.2, -0.15) is 0 Å². The van der Waals surface area contributed by atoms with Crippen LogP contribution in [-0.2, 0) is 0 Å². The Balaban J connectivity index is 2.08. The Morgan fingerprint density at radius 2 is 2.09 bits per heavy atom. The topological polar surface area (TPSA) is 15.3 Å². The van der Waals surface area contributed by atoms with Gasteiger partial charge in [-0.15, -0.1) is 0 Å². The molecular formula is C9H18N2. The highest BCUT2D eigenvalue weighted by Crippen LogP contribution is 2.29. The highest BCUT2D eigenvalue weighted by atomic mass is 15.3. The van der Waals surface area contributed by atoms with Gasteiger partial charge in [-0.1, -0.05) is 0 Å². The second-order valence-electron chi connectivity index (χ2n) is 4.82. The first-order chi connectivity index (χ1) is 5.07. The zero-order valence-electron chi connectivity index (χ0n) is 7.72. The largest absolute Gasteiger partial charge is 0.311 e. The van der Waals surface area contributed by atoms with E-state index in [4.69, 9.17) is 0 Å². The van der Waals surface area contributed by atoms with E-state index in [1.165, 1.54) is 19.5 Å². The Labute approximate surface area is 69.0 Å². The molecule has 0 unspecified atom stereocenters. The van der Waals surface area contributed by atoms with Gasteiger partial charge in [0.1, 0.15) is 0 Å². The Bertz CT molecular complexity index is 159. The summed E-state index contributed by atoms with van der Waals surface area (Å²) < 4.78 is 0. The highest BCUT2D eigenvalue weighted by Gasteiger charge is 2.41. The lowest BCUT2D eigenvalue weighted by Gasteiger charge is -2.38. The lowest BCUT2D eigenvalue weighted by atomic mass is 10.0. The predicted molar refractivity (Wildman–Crippen MR) is 46.7 cm³/mol. The van der Waals surface area contributed by atoms with Gasteiger partial charge in [0.05, 0.1) is 0 Å². The molecule has 2 bridgehead atoms. The van der Waals surface area contributed by atoms with Crippen LogP contribution in [-0.4, -0.2) is 35.6 Å². The molecule has 2 heterocycles. The van der Waals surface area contributed by atoms with E-state index in [1.54, 1.807) is 0 Å². The molecule has 2 aliphatic heterocycles. The molecule has 0 aliphatic carbocycles. The number of nitrogens with one attached hydrogen (secondary N) is 1. The van der Waals surface area contributed by atoms with Crippen LogP contribution >= 0.6 is 0 Å². The molecule has 2 heteroatoms. The Morgan fingerprint density at radius 1 is 1.36 bits per heavy atom. The molecule has 0 aromatic heterocycles. The van der Waals surface area contributed by atoms with Crippen molar-refractivity contribution in [3.63, 3.8) is 0 Å². The number of nitrogens with zero attached hydrogens (tertiary/aromatic N) is 1. The van der Waals surface area contributed by atoms with Crippen molar-refractivity contribution in [2.24, 2.45) is 0 Å². The molecule has 2 atom stereocenters. The van der Waals surface area contributed by atoms with Gasteiger partial charge >= 0.3 is 0 Å². The monoisotopic (exact) mass is 154 g/mol. The fourth-order valence-corrected chi connectivity index (χ4v) is 2.38. The van der Waals surface area contributed by atoms with Crippen molar-refractivity contribution in [2.75, 3.05) is 13.1 Å². The second-order valence-corrected chi connectivity index (χ2v) is 4.82. The van der Waals surface area contributed by atoms with E-state index in [9.17, 15) is 0 Å². The van der Waals surface area contributed by atoms with Crippen LogP contribution in [0.5, 0.6) is 0 Å². The molecule has 1 N–H and O–H groups in total. The minimum atomic E-state index is 0.377. The van der Waals surface area contributed by atoms with Crippen molar-refractivity contribution in [3.05, 3.63) is 0 Å². The molecule has 0 radical (unpaired) electrons. The van der Waals surface area contributed by atoms with E-state index in [-0.39, 0.29) is 0 Å². The third kappa shape index (κ3) is 1.18. The average Bonchev–Trinajstić information content (AvgIpc) is 2.42. The number of hydrogen-bond acceptors (Lipinski definition) is 2. The van der Waals surface area contributed by atoms with Gasteiger partial charge in [0, 0.05) is 30.7 Å². The van der Waals surface area contributed by atoms with Crippen LogP contribution in [0.2, 0.25) is 0 Å². The lowest BCUT2D eigenvalue weighted by molar-refractivity contribution is 0.106. The van der Waals surface area contributed by atoms with Crippen LogP contribution in [0.25, 0.3) is 0 Å². The summed E-state index contributed by atoms with van der Waals surface area (Å²) in [5.74, 6) is 0. The Kier molecular flexibility index (Phi) is 1.52. The van der Waals surface area contributed by atoms with Gasteiger partial charge in [-0.05, 0) is 27.2 Å². The van der Waals surface area contributed by atoms with E-state index < -0.39 is 0 Å². The predicted octanol–water partition coefficient (Wildman–Crippen LogP) is 0.831. The zero-order chi connectivity index (χ0) is 8.06. The van der Waals surface area contributed by atoms with Gasteiger partial charge < -0.3 is 5.32 Å². The summed E-state index contributed by atoms with van der Waals surface area (Å²) in [5, 5.41) is 3.52. The zero-order valence-corrected chi connectivity index (χ0v) is 7.72. The summed E-state index contributed by atoms with van der Waals surface area (Å²) in [6, 6.07) is 1.61. The third-order valence-corrected chi connectivity index (χ3v) is 2.92. The molecule has 0 aromatic rings. The molecular weight excluding hydrogens is 136 g/mol. The first kappa shape index (κ1) is 7.56. The number of piperazine rings is 1. The maximum atomic E-state index is 3.52. The van der Waals surface area contributed by atoms with E-state index >= 15 is 0 Å². The molecule has 0 aromatic carbocycles. The van der Waals surface area contributed by atoms with Gasteiger partial charge in [-0.3, -0.25) is 4.90 Å². The first-order valence-electron chi connectivity index (χ1n) is 4.57. The molecule has 2 nitrogen and oxygen atoms in total. The van der Waals surface area contributed by atoms with Gasteiger partial charge in [0.15, 0.2) is 0 Å². The van der Waals surface area contributed by atoms with Crippen LogP contribution < -0.4 is 5.32 Å². The van der Waals surface area contributed by atoms with Crippen molar-refractivity contribution in [1.29, 1.82) is 0 Å².